The highest BCUT2D eigenvalue weighted by molar-refractivity contribution is 9.10. The van der Waals surface area contributed by atoms with Crippen molar-refractivity contribution in [2.75, 3.05) is 6.26 Å². The summed E-state index contributed by atoms with van der Waals surface area (Å²) in [5, 5.41) is 0. The van der Waals surface area contributed by atoms with Crippen LogP contribution in [0.5, 0.6) is 0 Å². The molecule has 0 aromatic heterocycles. The van der Waals surface area contributed by atoms with Crippen LogP contribution in [0, 0.1) is 5.82 Å². The lowest BCUT2D eigenvalue weighted by Gasteiger charge is -2.32. The van der Waals surface area contributed by atoms with Crippen LogP contribution < -0.4 is 11.3 Å². The van der Waals surface area contributed by atoms with E-state index in [0.29, 0.717) is 10.9 Å². The van der Waals surface area contributed by atoms with E-state index in [2.05, 4.69) is 21.4 Å². The van der Waals surface area contributed by atoms with Crippen LogP contribution in [0.3, 0.4) is 0 Å². The van der Waals surface area contributed by atoms with Gasteiger partial charge in [0.15, 0.2) is 9.84 Å². The van der Waals surface area contributed by atoms with Crippen molar-refractivity contribution < 1.29 is 12.8 Å². The first kappa shape index (κ1) is 16.6. The van der Waals surface area contributed by atoms with Crippen molar-refractivity contribution in [1.29, 1.82) is 0 Å². The maximum Gasteiger partial charge on any atom is 0.154 e. The van der Waals surface area contributed by atoms with Gasteiger partial charge in [-0.05, 0) is 38.0 Å². The fourth-order valence-corrected chi connectivity index (χ4v) is 2.85. The number of benzene rings is 1. The van der Waals surface area contributed by atoms with Gasteiger partial charge in [0.25, 0.3) is 0 Å². The first-order valence-electron chi connectivity index (χ1n) is 5.69. The number of nitrogens with one attached hydrogen (secondary N) is 1. The molecule has 0 amide bonds. The molecule has 7 heteroatoms. The number of hydrogen-bond acceptors (Lipinski definition) is 4. The minimum atomic E-state index is -3.29. The summed E-state index contributed by atoms with van der Waals surface area (Å²) in [4.78, 5) is 0. The average Bonchev–Trinajstić information content (AvgIpc) is 2.26. The van der Waals surface area contributed by atoms with Crippen molar-refractivity contribution in [2.45, 2.75) is 31.1 Å². The number of halogens is 2. The van der Waals surface area contributed by atoms with E-state index in [4.69, 9.17) is 5.84 Å². The maximum atomic E-state index is 13.0. The third kappa shape index (κ3) is 3.75. The van der Waals surface area contributed by atoms with E-state index in [1.54, 1.807) is 19.9 Å². The molecule has 0 saturated carbocycles. The molecule has 1 unspecified atom stereocenters. The summed E-state index contributed by atoms with van der Waals surface area (Å²) in [5.74, 6) is 5.13. The lowest BCUT2D eigenvalue weighted by molar-refractivity contribution is 0.412. The molecule has 1 aromatic carbocycles. The van der Waals surface area contributed by atoms with Crippen LogP contribution in [-0.4, -0.2) is 25.5 Å². The molecule has 0 fully saturated rings. The molecular formula is C12H18BrFN2O2S. The predicted octanol–water partition coefficient (Wildman–Crippen LogP) is 1.79. The Morgan fingerprint density at radius 3 is 2.47 bits per heavy atom. The van der Waals surface area contributed by atoms with Gasteiger partial charge < -0.3 is 0 Å². The molecular weight excluding hydrogens is 335 g/mol. The van der Waals surface area contributed by atoms with Gasteiger partial charge in [0.1, 0.15) is 5.82 Å². The molecule has 3 N–H and O–H groups in total. The summed E-state index contributed by atoms with van der Waals surface area (Å²) >= 11 is 3.26. The Hall–Kier alpha value is -0.500. The Bertz CT molecular complexity index is 561. The monoisotopic (exact) mass is 352 g/mol. The number of sulfone groups is 1. The van der Waals surface area contributed by atoms with Crippen molar-refractivity contribution in [2.24, 2.45) is 5.84 Å². The van der Waals surface area contributed by atoms with Gasteiger partial charge in [-0.25, -0.2) is 12.8 Å². The van der Waals surface area contributed by atoms with Gasteiger partial charge in [0.2, 0.25) is 0 Å². The molecule has 108 valence electrons. The van der Waals surface area contributed by atoms with Gasteiger partial charge in [0, 0.05) is 16.8 Å². The predicted molar refractivity (Wildman–Crippen MR) is 77.8 cm³/mol. The highest BCUT2D eigenvalue weighted by Crippen LogP contribution is 2.26. The second kappa shape index (κ2) is 5.87. The molecule has 0 radical (unpaired) electrons. The molecule has 0 aliphatic rings. The summed E-state index contributed by atoms with van der Waals surface area (Å²) in [6.07, 6.45) is 1.55. The van der Waals surface area contributed by atoms with E-state index in [9.17, 15) is 12.8 Å². The Labute approximate surface area is 121 Å². The maximum absolute atomic E-state index is 13.0. The minimum Gasteiger partial charge on any atom is -0.271 e. The average molecular weight is 353 g/mol. The number of nitrogens with two attached hydrogens (primary N) is 1. The summed E-state index contributed by atoms with van der Waals surface area (Å²) < 4.78 is 36.2. The number of rotatable bonds is 5. The molecule has 1 aromatic rings. The fourth-order valence-electron chi connectivity index (χ4n) is 1.67. The molecule has 0 aliphatic heterocycles. The smallest absolute Gasteiger partial charge is 0.154 e. The van der Waals surface area contributed by atoms with E-state index >= 15 is 0 Å². The van der Waals surface area contributed by atoms with Crippen molar-refractivity contribution in [3.63, 3.8) is 0 Å². The molecule has 1 atom stereocenters. The summed E-state index contributed by atoms with van der Waals surface area (Å²) in [6.45, 7) is 3.23. The molecule has 1 rings (SSSR count). The summed E-state index contributed by atoms with van der Waals surface area (Å²) in [7, 11) is -3.29. The van der Waals surface area contributed by atoms with Crippen LogP contribution in [-0.2, 0) is 16.3 Å². The van der Waals surface area contributed by atoms with Gasteiger partial charge >= 0.3 is 0 Å². The van der Waals surface area contributed by atoms with E-state index in [1.165, 1.54) is 18.4 Å². The highest BCUT2D eigenvalue weighted by Gasteiger charge is 2.38. The van der Waals surface area contributed by atoms with E-state index < -0.39 is 20.6 Å². The zero-order valence-corrected chi connectivity index (χ0v) is 13.5. The Morgan fingerprint density at radius 2 is 2.05 bits per heavy atom. The van der Waals surface area contributed by atoms with Crippen LogP contribution in [0.25, 0.3) is 0 Å². The first-order valence-corrected chi connectivity index (χ1v) is 8.37. The summed E-state index contributed by atoms with van der Waals surface area (Å²) in [5.41, 5.74) is 3.34. The molecule has 19 heavy (non-hydrogen) atoms. The molecule has 4 nitrogen and oxygen atoms in total. The highest BCUT2D eigenvalue weighted by atomic mass is 79.9. The fraction of sp³-hybridized carbons (Fsp3) is 0.500. The zero-order valence-electron chi connectivity index (χ0n) is 11.1. The summed E-state index contributed by atoms with van der Waals surface area (Å²) in [6, 6.07) is 3.81. The van der Waals surface area contributed by atoms with Crippen LogP contribution in [0.2, 0.25) is 0 Å². The van der Waals surface area contributed by atoms with Crippen molar-refractivity contribution in [3.8, 4) is 0 Å². The molecule has 0 bridgehead atoms. The Morgan fingerprint density at radius 1 is 1.47 bits per heavy atom. The second-order valence-electron chi connectivity index (χ2n) is 5.03. The quantitative estimate of drug-likeness (QED) is 0.625. The topological polar surface area (TPSA) is 72.2 Å². The Balaban J connectivity index is 3.07. The van der Waals surface area contributed by atoms with E-state index in [-0.39, 0.29) is 5.82 Å². The van der Waals surface area contributed by atoms with Gasteiger partial charge in [-0.1, -0.05) is 22.0 Å². The van der Waals surface area contributed by atoms with Gasteiger partial charge in [-0.2, -0.15) is 0 Å². The third-order valence-corrected chi connectivity index (χ3v) is 6.37. The van der Waals surface area contributed by atoms with Crippen molar-refractivity contribution in [1.82, 2.24) is 5.43 Å². The Kier molecular flexibility index (Phi) is 5.11. The third-order valence-electron chi connectivity index (χ3n) is 3.44. The standard InChI is InChI=1S/C12H18BrFN2O2S/c1-12(2,19(3,17)18)11(16-15)6-8-4-5-9(14)7-10(8)13/h4-5,7,11,16H,6,15H2,1-3H3. The lowest BCUT2D eigenvalue weighted by atomic mass is 9.96. The zero-order chi connectivity index (χ0) is 14.8. The van der Waals surface area contributed by atoms with Gasteiger partial charge in [-0.3, -0.25) is 11.3 Å². The number of hydrazine groups is 1. The minimum absolute atomic E-state index is 0.352. The lowest BCUT2D eigenvalue weighted by Crippen LogP contribution is -2.55. The van der Waals surface area contributed by atoms with Crippen molar-refractivity contribution >= 4 is 25.8 Å². The molecule has 0 saturated heterocycles. The molecule has 0 spiro atoms. The van der Waals surface area contributed by atoms with Crippen LogP contribution in [0.1, 0.15) is 19.4 Å². The molecule has 0 heterocycles. The van der Waals surface area contributed by atoms with Crippen LogP contribution >= 0.6 is 15.9 Å². The van der Waals surface area contributed by atoms with E-state index in [0.717, 1.165) is 5.56 Å². The van der Waals surface area contributed by atoms with Crippen LogP contribution in [0.15, 0.2) is 22.7 Å². The second-order valence-corrected chi connectivity index (χ2v) is 8.49. The van der Waals surface area contributed by atoms with Gasteiger partial charge in [0.05, 0.1) is 4.75 Å². The first-order chi connectivity index (χ1) is 8.59. The van der Waals surface area contributed by atoms with Crippen molar-refractivity contribution in [3.05, 3.63) is 34.1 Å². The van der Waals surface area contributed by atoms with Crippen LogP contribution in [0.4, 0.5) is 4.39 Å². The normalized spacial score (nSPS) is 14.4. The molecule has 0 aliphatic carbocycles. The largest absolute Gasteiger partial charge is 0.271 e. The van der Waals surface area contributed by atoms with Gasteiger partial charge in [-0.15, -0.1) is 0 Å². The van der Waals surface area contributed by atoms with E-state index in [1.807, 2.05) is 0 Å². The SMILES string of the molecule is CC(C)(C(Cc1ccc(F)cc1Br)NN)S(C)(=O)=O. The number of hydrogen-bond donors (Lipinski definition) is 2.